The summed E-state index contributed by atoms with van der Waals surface area (Å²) in [5, 5.41) is 10.5. The Kier molecular flexibility index (Phi) is 4.85. The van der Waals surface area contributed by atoms with Crippen molar-refractivity contribution in [2.24, 2.45) is 0 Å². The molecule has 2 heterocycles. The fourth-order valence-electron chi connectivity index (χ4n) is 3.12. The van der Waals surface area contributed by atoms with Gasteiger partial charge in [-0.3, -0.25) is 4.79 Å². The van der Waals surface area contributed by atoms with E-state index in [9.17, 15) is 4.79 Å². The molecule has 1 atom stereocenters. The third kappa shape index (κ3) is 3.31. The SMILES string of the molecule is CCn1c2ccccc2c2nnc(S[C@H](C)C(=O)c3ccc(Cl)cc3)nc21. The molecule has 0 saturated carbocycles. The molecule has 0 amide bonds. The van der Waals surface area contributed by atoms with E-state index in [1.807, 2.05) is 25.1 Å². The second-order valence-corrected chi connectivity index (χ2v) is 7.90. The minimum absolute atomic E-state index is 0.0106. The van der Waals surface area contributed by atoms with E-state index in [0.29, 0.717) is 15.7 Å². The summed E-state index contributed by atoms with van der Waals surface area (Å²) >= 11 is 7.21. The highest BCUT2D eigenvalue weighted by Gasteiger charge is 2.20. The van der Waals surface area contributed by atoms with Gasteiger partial charge in [0.15, 0.2) is 11.4 Å². The number of rotatable bonds is 5. The van der Waals surface area contributed by atoms with Gasteiger partial charge < -0.3 is 4.57 Å². The number of carbonyl (C=O) groups is 1. The minimum Gasteiger partial charge on any atom is -0.324 e. The van der Waals surface area contributed by atoms with Gasteiger partial charge in [0.05, 0.1) is 10.8 Å². The van der Waals surface area contributed by atoms with Crippen molar-refractivity contribution in [2.75, 3.05) is 0 Å². The van der Waals surface area contributed by atoms with Gasteiger partial charge in [-0.25, -0.2) is 4.98 Å². The van der Waals surface area contributed by atoms with Crippen molar-refractivity contribution >= 4 is 51.2 Å². The minimum atomic E-state index is -0.329. The van der Waals surface area contributed by atoms with Gasteiger partial charge in [-0.15, -0.1) is 10.2 Å². The number of hydrogen-bond acceptors (Lipinski definition) is 5. The Bertz CT molecular complexity index is 1140. The quantitative estimate of drug-likeness (QED) is 0.350. The van der Waals surface area contributed by atoms with Gasteiger partial charge in [0.25, 0.3) is 0 Å². The molecule has 136 valence electrons. The van der Waals surface area contributed by atoms with Gasteiger partial charge in [-0.2, -0.15) is 0 Å². The molecule has 4 rings (SSSR count). The Balaban J connectivity index is 1.67. The van der Waals surface area contributed by atoms with Crippen LogP contribution in [0, 0.1) is 0 Å². The lowest BCUT2D eigenvalue weighted by molar-refractivity contribution is 0.0994. The molecule has 0 aliphatic carbocycles. The number of para-hydroxylation sites is 1. The number of aryl methyl sites for hydroxylation is 1. The molecular weight excluding hydrogens is 380 g/mol. The van der Waals surface area contributed by atoms with Crippen LogP contribution in [0.2, 0.25) is 5.02 Å². The first kappa shape index (κ1) is 17.9. The first-order chi connectivity index (χ1) is 13.1. The van der Waals surface area contributed by atoms with Crippen LogP contribution in [0.25, 0.3) is 22.1 Å². The number of nitrogens with zero attached hydrogens (tertiary/aromatic N) is 4. The molecule has 0 saturated heterocycles. The largest absolute Gasteiger partial charge is 0.324 e. The number of carbonyl (C=O) groups excluding carboxylic acids is 1. The van der Waals surface area contributed by atoms with Crippen molar-refractivity contribution in [2.45, 2.75) is 30.8 Å². The molecule has 0 aliphatic heterocycles. The van der Waals surface area contributed by atoms with Crippen molar-refractivity contribution in [3.63, 3.8) is 0 Å². The molecule has 0 N–H and O–H groups in total. The van der Waals surface area contributed by atoms with Crippen LogP contribution < -0.4 is 0 Å². The van der Waals surface area contributed by atoms with Crippen LogP contribution in [-0.2, 0) is 6.54 Å². The molecule has 4 aromatic rings. The number of halogens is 1. The fourth-order valence-corrected chi connectivity index (χ4v) is 4.03. The van der Waals surface area contributed by atoms with Gasteiger partial charge in [0.2, 0.25) is 5.16 Å². The Morgan fingerprint density at radius 2 is 1.89 bits per heavy atom. The number of benzene rings is 2. The maximum atomic E-state index is 12.6. The highest BCUT2D eigenvalue weighted by molar-refractivity contribution is 8.00. The van der Waals surface area contributed by atoms with E-state index in [0.717, 1.165) is 28.6 Å². The molecule has 0 spiro atoms. The van der Waals surface area contributed by atoms with Gasteiger partial charge in [0, 0.05) is 22.5 Å². The fraction of sp³-hybridized carbons (Fsp3) is 0.200. The average molecular weight is 397 g/mol. The molecule has 2 aromatic heterocycles. The Labute approximate surface area is 165 Å². The second kappa shape index (κ2) is 7.29. The van der Waals surface area contributed by atoms with E-state index in [1.165, 1.54) is 11.8 Å². The van der Waals surface area contributed by atoms with E-state index in [4.69, 9.17) is 16.6 Å². The highest BCUT2D eigenvalue weighted by Crippen LogP contribution is 2.28. The molecule has 0 unspecified atom stereocenters. The van der Waals surface area contributed by atoms with Gasteiger partial charge in [-0.1, -0.05) is 41.6 Å². The number of aromatic nitrogens is 4. The van der Waals surface area contributed by atoms with Crippen LogP contribution in [0.1, 0.15) is 24.2 Å². The van der Waals surface area contributed by atoms with E-state index in [1.54, 1.807) is 24.3 Å². The van der Waals surface area contributed by atoms with Crippen LogP contribution in [0.4, 0.5) is 0 Å². The summed E-state index contributed by atoms with van der Waals surface area (Å²) in [5.41, 5.74) is 3.29. The zero-order valence-corrected chi connectivity index (χ0v) is 16.5. The zero-order chi connectivity index (χ0) is 19.0. The molecule has 0 aliphatic rings. The molecule has 0 fully saturated rings. The zero-order valence-electron chi connectivity index (χ0n) is 14.9. The Morgan fingerprint density at radius 3 is 2.63 bits per heavy atom. The molecule has 0 bridgehead atoms. The van der Waals surface area contributed by atoms with Crippen molar-refractivity contribution in [1.82, 2.24) is 19.7 Å². The van der Waals surface area contributed by atoms with Crippen LogP contribution in [0.15, 0.2) is 53.7 Å². The maximum absolute atomic E-state index is 12.6. The summed E-state index contributed by atoms with van der Waals surface area (Å²) in [7, 11) is 0. The van der Waals surface area contributed by atoms with Gasteiger partial charge >= 0.3 is 0 Å². The third-order valence-electron chi connectivity index (χ3n) is 4.45. The number of fused-ring (bicyclic) bond motifs is 3. The first-order valence-corrected chi connectivity index (χ1v) is 9.92. The van der Waals surface area contributed by atoms with Crippen molar-refractivity contribution < 1.29 is 4.79 Å². The molecule has 5 nitrogen and oxygen atoms in total. The van der Waals surface area contributed by atoms with Crippen molar-refractivity contribution in [3.8, 4) is 0 Å². The molecule has 2 aromatic carbocycles. The van der Waals surface area contributed by atoms with E-state index < -0.39 is 0 Å². The number of thioether (sulfide) groups is 1. The summed E-state index contributed by atoms with van der Waals surface area (Å²) in [6.07, 6.45) is 0. The summed E-state index contributed by atoms with van der Waals surface area (Å²) in [4.78, 5) is 17.3. The number of hydrogen-bond donors (Lipinski definition) is 0. The lowest BCUT2D eigenvalue weighted by atomic mass is 10.1. The predicted molar refractivity (Wildman–Crippen MR) is 110 cm³/mol. The summed E-state index contributed by atoms with van der Waals surface area (Å²) in [5.74, 6) is 0.0106. The van der Waals surface area contributed by atoms with E-state index in [-0.39, 0.29) is 11.0 Å². The Hall–Kier alpha value is -2.44. The van der Waals surface area contributed by atoms with Crippen LogP contribution in [0.5, 0.6) is 0 Å². The topological polar surface area (TPSA) is 60.7 Å². The van der Waals surface area contributed by atoms with Crippen LogP contribution in [-0.4, -0.2) is 30.8 Å². The van der Waals surface area contributed by atoms with Gasteiger partial charge in [-0.05, 0) is 44.2 Å². The highest BCUT2D eigenvalue weighted by atomic mass is 35.5. The lowest BCUT2D eigenvalue weighted by Crippen LogP contribution is -2.14. The molecule has 0 radical (unpaired) electrons. The second-order valence-electron chi connectivity index (χ2n) is 6.16. The van der Waals surface area contributed by atoms with E-state index in [2.05, 4.69) is 27.8 Å². The summed E-state index contributed by atoms with van der Waals surface area (Å²) < 4.78 is 2.12. The van der Waals surface area contributed by atoms with Crippen LogP contribution in [0.3, 0.4) is 0 Å². The van der Waals surface area contributed by atoms with Gasteiger partial charge in [0.1, 0.15) is 5.52 Å². The normalized spacial score (nSPS) is 12.6. The smallest absolute Gasteiger partial charge is 0.211 e. The monoisotopic (exact) mass is 396 g/mol. The predicted octanol–water partition coefficient (Wildman–Crippen LogP) is 5.02. The first-order valence-electron chi connectivity index (χ1n) is 8.66. The number of ketones is 1. The van der Waals surface area contributed by atoms with Crippen molar-refractivity contribution in [3.05, 3.63) is 59.1 Å². The van der Waals surface area contributed by atoms with E-state index >= 15 is 0 Å². The number of Topliss-reactive ketones (excluding diaryl/α,β-unsaturated/α-hetero) is 1. The van der Waals surface area contributed by atoms with Crippen LogP contribution >= 0.6 is 23.4 Å². The standard InChI is InChI=1S/C20H17ClN4OS/c1-3-25-16-7-5-4-6-15(16)17-19(25)22-20(24-23-17)27-12(2)18(26)13-8-10-14(21)11-9-13/h4-12H,3H2,1-2H3/t12-/m1/s1. The average Bonchev–Trinajstić information content (AvgIpc) is 3.01. The van der Waals surface area contributed by atoms with Crippen molar-refractivity contribution in [1.29, 1.82) is 0 Å². The summed E-state index contributed by atoms with van der Waals surface area (Å²) in [6, 6.07) is 15.0. The lowest BCUT2D eigenvalue weighted by Gasteiger charge is -2.09. The molecule has 27 heavy (non-hydrogen) atoms. The maximum Gasteiger partial charge on any atom is 0.211 e. The third-order valence-corrected chi connectivity index (χ3v) is 5.65. The molecular formula is C20H17ClN4OS. The Morgan fingerprint density at radius 1 is 1.15 bits per heavy atom. The summed E-state index contributed by atoms with van der Waals surface area (Å²) in [6.45, 7) is 4.71. The molecule has 7 heteroatoms.